The zero-order chi connectivity index (χ0) is 29.1. The number of carbonyl (C=O) groups is 4. The third-order valence-electron chi connectivity index (χ3n) is 7.60. The van der Waals surface area contributed by atoms with Crippen LogP contribution in [0, 0.1) is 11.8 Å². The summed E-state index contributed by atoms with van der Waals surface area (Å²) < 4.78 is 0. The average molecular weight is 563 g/mol. The summed E-state index contributed by atoms with van der Waals surface area (Å²) in [4.78, 5) is 52.8. The number of primary amides is 1. The molecule has 2 unspecified atom stereocenters. The van der Waals surface area contributed by atoms with E-state index in [1.54, 1.807) is 0 Å². The van der Waals surface area contributed by atoms with Crippen molar-refractivity contribution >= 4 is 46.4 Å². The number of nitrogens with two attached hydrogens (primary N) is 1. The van der Waals surface area contributed by atoms with Gasteiger partial charge in [-0.3, -0.25) is 24.1 Å². The third-order valence-corrected chi connectivity index (χ3v) is 7.90. The molecule has 39 heavy (non-hydrogen) atoms. The minimum atomic E-state index is -2.73. The number of Topliss-reactive ketones (excluding diaryl/α,β-unsaturated/α-hetero) is 2. The highest BCUT2D eigenvalue weighted by Gasteiger charge is 2.64. The average Bonchev–Trinajstić information content (AvgIpc) is 2.82. The van der Waals surface area contributed by atoms with Gasteiger partial charge in [0, 0.05) is 17.5 Å². The molecule has 0 spiro atoms. The molecule has 8 N–H and O–H groups in total. The van der Waals surface area contributed by atoms with Gasteiger partial charge in [0.15, 0.2) is 17.1 Å². The van der Waals surface area contributed by atoms with Crippen LogP contribution >= 0.6 is 11.6 Å². The number of phenolic OH excluding ortho intramolecular Hbond substituents is 1. The Morgan fingerprint density at radius 3 is 2.44 bits per heavy atom. The number of nitrogens with zero attached hydrogens (tertiary/aromatic N) is 1. The standard InChI is InChI=1S/C26H31ClN4O8/c1-9(2)29-8-14(32)30-18-13(27)7-11-5-10-6-12-19(31(3)4)22(35)17(25(28)38)24(37)26(12,39)23(36)16(10)20(33)15(11)21(18)34/h7,9-10,12,19,29,33-34,37,39H,5-6,8H2,1-4H3,(H2,28,38)(H,30,32)/t10?,12?,19-,26-/m0/s1. The van der Waals surface area contributed by atoms with Crippen LogP contribution in [-0.4, -0.2) is 87.0 Å². The smallest absolute Gasteiger partial charge is 0.255 e. The molecule has 1 aromatic rings. The molecule has 0 heterocycles. The molecule has 13 heteroatoms. The Bertz CT molecular complexity index is 1370. The summed E-state index contributed by atoms with van der Waals surface area (Å²) in [5, 5.41) is 50.3. The van der Waals surface area contributed by atoms with E-state index in [1.807, 2.05) is 13.8 Å². The van der Waals surface area contributed by atoms with Gasteiger partial charge in [0.05, 0.1) is 23.2 Å². The highest BCUT2D eigenvalue weighted by molar-refractivity contribution is 6.34. The van der Waals surface area contributed by atoms with Crippen molar-refractivity contribution in [1.29, 1.82) is 0 Å². The van der Waals surface area contributed by atoms with E-state index in [0.717, 1.165) is 0 Å². The van der Waals surface area contributed by atoms with E-state index in [2.05, 4.69) is 10.6 Å². The van der Waals surface area contributed by atoms with E-state index >= 15 is 0 Å². The molecule has 0 aromatic heterocycles. The predicted octanol–water partition coefficient (Wildman–Crippen LogP) is 0.554. The highest BCUT2D eigenvalue weighted by atomic mass is 35.5. The van der Waals surface area contributed by atoms with Crippen LogP contribution in [0.25, 0.3) is 5.76 Å². The summed E-state index contributed by atoms with van der Waals surface area (Å²) in [6.07, 6.45) is 0.0501. The van der Waals surface area contributed by atoms with E-state index in [-0.39, 0.29) is 47.3 Å². The minimum absolute atomic E-state index is 0.00438. The third kappa shape index (κ3) is 4.37. The van der Waals surface area contributed by atoms with E-state index in [4.69, 9.17) is 17.3 Å². The van der Waals surface area contributed by atoms with Crippen LogP contribution in [0.3, 0.4) is 0 Å². The second-order valence-electron chi connectivity index (χ2n) is 10.7. The molecule has 2 amide bonds. The minimum Gasteiger partial charge on any atom is -0.508 e. The van der Waals surface area contributed by atoms with E-state index < -0.39 is 69.7 Å². The molecular formula is C26H31ClN4O8. The molecule has 0 saturated heterocycles. The summed E-state index contributed by atoms with van der Waals surface area (Å²) >= 11 is 6.37. The Hall–Kier alpha value is -3.45. The molecule has 0 bridgehead atoms. The lowest BCUT2D eigenvalue weighted by Gasteiger charge is -2.50. The molecule has 3 aliphatic carbocycles. The summed E-state index contributed by atoms with van der Waals surface area (Å²) in [6, 6.07) is 0.304. The molecule has 4 rings (SSSR count). The summed E-state index contributed by atoms with van der Waals surface area (Å²) in [5.74, 6) is -8.07. The number of anilines is 1. The number of ketones is 2. The Kier molecular flexibility index (Phi) is 7.28. The number of aliphatic hydroxyl groups is 3. The van der Waals surface area contributed by atoms with Crippen LogP contribution in [0.2, 0.25) is 5.02 Å². The molecule has 0 radical (unpaired) electrons. The van der Waals surface area contributed by atoms with Crippen LogP contribution in [0.1, 0.15) is 31.4 Å². The van der Waals surface area contributed by atoms with Crippen molar-refractivity contribution in [3.05, 3.63) is 39.1 Å². The first-order valence-electron chi connectivity index (χ1n) is 12.3. The highest BCUT2D eigenvalue weighted by Crippen LogP contribution is 2.54. The lowest BCUT2D eigenvalue weighted by Crippen LogP contribution is -2.65. The van der Waals surface area contributed by atoms with Gasteiger partial charge in [-0.15, -0.1) is 0 Å². The summed E-state index contributed by atoms with van der Waals surface area (Å²) in [7, 11) is 3.05. The maximum absolute atomic E-state index is 13.8. The number of hydrogen-bond donors (Lipinski definition) is 7. The Morgan fingerprint density at radius 1 is 1.23 bits per heavy atom. The quantitative estimate of drug-likeness (QED) is 0.189. The zero-order valence-electron chi connectivity index (χ0n) is 21.8. The fraction of sp³-hybridized carbons (Fsp3) is 0.462. The molecular weight excluding hydrogens is 532 g/mol. The topological polar surface area (TPSA) is 203 Å². The van der Waals surface area contributed by atoms with Gasteiger partial charge in [-0.1, -0.05) is 25.4 Å². The van der Waals surface area contributed by atoms with Gasteiger partial charge >= 0.3 is 0 Å². The van der Waals surface area contributed by atoms with Crippen molar-refractivity contribution in [1.82, 2.24) is 10.2 Å². The molecule has 4 atom stereocenters. The van der Waals surface area contributed by atoms with Crippen molar-refractivity contribution in [2.75, 3.05) is 26.0 Å². The number of hydrogen-bond acceptors (Lipinski definition) is 10. The Balaban J connectivity index is 1.85. The van der Waals surface area contributed by atoms with Crippen molar-refractivity contribution in [2.24, 2.45) is 17.6 Å². The number of amides is 2. The monoisotopic (exact) mass is 562 g/mol. The number of benzene rings is 1. The van der Waals surface area contributed by atoms with Crippen LogP contribution in [0.15, 0.2) is 23.0 Å². The number of nitrogens with one attached hydrogen (secondary N) is 2. The van der Waals surface area contributed by atoms with E-state index in [1.165, 1.54) is 25.1 Å². The second-order valence-corrected chi connectivity index (χ2v) is 11.1. The SMILES string of the molecule is CC(C)NCC(=O)Nc1c(Cl)cc2c(c1O)C(O)=C1C(=O)[C@]3(O)C(O)=C(C(N)=O)C(=O)[C@@H](N(C)C)C3CC1C2. The molecule has 0 aliphatic heterocycles. The number of likely N-dealkylation sites (N-methyl/N-ethyl adjacent to an activating group) is 1. The predicted molar refractivity (Wildman–Crippen MR) is 141 cm³/mol. The number of rotatable bonds is 6. The number of fused-ring (bicyclic) bond motifs is 3. The van der Waals surface area contributed by atoms with Gasteiger partial charge in [0.25, 0.3) is 5.91 Å². The van der Waals surface area contributed by atoms with Gasteiger partial charge < -0.3 is 36.8 Å². The lowest BCUT2D eigenvalue weighted by atomic mass is 9.57. The first kappa shape index (κ1) is 28.6. The number of halogens is 1. The van der Waals surface area contributed by atoms with Crippen LogP contribution < -0.4 is 16.4 Å². The van der Waals surface area contributed by atoms with Crippen LogP contribution in [0.4, 0.5) is 5.69 Å². The van der Waals surface area contributed by atoms with Gasteiger partial charge in [0.1, 0.15) is 22.8 Å². The van der Waals surface area contributed by atoms with Crippen molar-refractivity contribution < 1.29 is 39.6 Å². The molecule has 1 fully saturated rings. The van der Waals surface area contributed by atoms with Gasteiger partial charge in [-0.25, -0.2) is 0 Å². The van der Waals surface area contributed by atoms with Crippen LogP contribution in [-0.2, 0) is 25.6 Å². The summed E-state index contributed by atoms with van der Waals surface area (Å²) in [6.45, 7) is 3.62. The van der Waals surface area contributed by atoms with Crippen molar-refractivity contribution in [3.63, 3.8) is 0 Å². The van der Waals surface area contributed by atoms with E-state index in [9.17, 15) is 39.6 Å². The Labute approximate surface area is 229 Å². The van der Waals surface area contributed by atoms with Crippen molar-refractivity contribution in [3.8, 4) is 5.75 Å². The van der Waals surface area contributed by atoms with E-state index in [0.29, 0.717) is 5.56 Å². The van der Waals surface area contributed by atoms with Gasteiger partial charge in [-0.2, -0.15) is 0 Å². The fourth-order valence-electron chi connectivity index (χ4n) is 5.86. The maximum atomic E-state index is 13.8. The lowest BCUT2D eigenvalue weighted by molar-refractivity contribution is -0.153. The van der Waals surface area contributed by atoms with Crippen molar-refractivity contribution in [2.45, 2.75) is 44.4 Å². The fourth-order valence-corrected chi connectivity index (χ4v) is 6.13. The zero-order valence-corrected chi connectivity index (χ0v) is 22.6. The summed E-state index contributed by atoms with van der Waals surface area (Å²) in [5.41, 5.74) is 1.45. The number of carbonyl (C=O) groups excluding carboxylic acids is 4. The number of phenols is 1. The Morgan fingerprint density at radius 2 is 1.87 bits per heavy atom. The second kappa shape index (κ2) is 9.94. The number of aromatic hydroxyl groups is 1. The van der Waals surface area contributed by atoms with Gasteiger partial charge in [0.2, 0.25) is 11.7 Å². The molecule has 12 nitrogen and oxygen atoms in total. The number of aliphatic hydroxyl groups excluding tert-OH is 2. The first-order valence-corrected chi connectivity index (χ1v) is 12.7. The first-order chi connectivity index (χ1) is 18.1. The normalized spacial score (nSPS) is 26.5. The van der Waals surface area contributed by atoms with Crippen LogP contribution in [0.5, 0.6) is 5.75 Å². The molecule has 1 aromatic carbocycles. The largest absolute Gasteiger partial charge is 0.508 e. The molecule has 1 saturated carbocycles. The molecule has 3 aliphatic rings. The van der Waals surface area contributed by atoms with Gasteiger partial charge in [-0.05, 0) is 44.5 Å². The maximum Gasteiger partial charge on any atom is 0.255 e. The molecule has 210 valence electrons.